The van der Waals surface area contributed by atoms with Gasteiger partial charge in [0.05, 0.1) is 17.9 Å². The highest BCUT2D eigenvalue weighted by atomic mass is 16.3. The Morgan fingerprint density at radius 2 is 2.00 bits per heavy atom. The zero-order valence-corrected chi connectivity index (χ0v) is 10.3. The van der Waals surface area contributed by atoms with Crippen LogP contribution in [0.1, 0.15) is 5.69 Å². The highest BCUT2D eigenvalue weighted by molar-refractivity contribution is 5.37. The first-order chi connectivity index (χ1) is 9.13. The second kappa shape index (κ2) is 4.73. The summed E-state index contributed by atoms with van der Waals surface area (Å²) < 4.78 is 1.48. The van der Waals surface area contributed by atoms with E-state index < -0.39 is 12.2 Å². The van der Waals surface area contributed by atoms with E-state index in [1.807, 2.05) is 11.0 Å². The number of nitrogens with zero attached hydrogens (tertiary/aromatic N) is 3. The van der Waals surface area contributed by atoms with Gasteiger partial charge in [0, 0.05) is 31.9 Å². The molecule has 2 N–H and O–H groups in total. The van der Waals surface area contributed by atoms with Crippen LogP contribution in [0.25, 0.3) is 5.65 Å². The normalized spacial score (nSPS) is 24.1. The SMILES string of the molecule is O=c1cc(CN2CC(O)C(O)C2)nc2ccccn12. The lowest BCUT2D eigenvalue weighted by molar-refractivity contribution is 0.0572. The van der Waals surface area contributed by atoms with Gasteiger partial charge in [0.15, 0.2) is 0 Å². The fourth-order valence-corrected chi connectivity index (χ4v) is 2.39. The van der Waals surface area contributed by atoms with Crippen molar-refractivity contribution >= 4 is 5.65 Å². The minimum atomic E-state index is -0.721. The van der Waals surface area contributed by atoms with E-state index in [2.05, 4.69) is 4.98 Å². The summed E-state index contributed by atoms with van der Waals surface area (Å²) in [6, 6.07) is 6.88. The first-order valence-electron chi connectivity index (χ1n) is 6.19. The van der Waals surface area contributed by atoms with Crippen LogP contribution in [0, 0.1) is 0 Å². The highest BCUT2D eigenvalue weighted by Crippen LogP contribution is 2.12. The lowest BCUT2D eigenvalue weighted by Crippen LogP contribution is -2.24. The van der Waals surface area contributed by atoms with E-state index in [4.69, 9.17) is 0 Å². The molecular weight excluding hydrogens is 246 g/mol. The van der Waals surface area contributed by atoms with Crippen LogP contribution in [-0.4, -0.2) is 49.8 Å². The van der Waals surface area contributed by atoms with Crippen LogP contribution < -0.4 is 5.56 Å². The molecule has 100 valence electrons. The zero-order valence-electron chi connectivity index (χ0n) is 10.3. The minimum Gasteiger partial charge on any atom is -0.389 e. The van der Waals surface area contributed by atoms with Crippen molar-refractivity contribution in [3.8, 4) is 0 Å². The first kappa shape index (κ1) is 12.3. The average Bonchev–Trinajstić information content (AvgIpc) is 2.68. The second-order valence-corrected chi connectivity index (χ2v) is 4.84. The summed E-state index contributed by atoms with van der Waals surface area (Å²) in [5.41, 5.74) is 1.13. The Morgan fingerprint density at radius 1 is 1.26 bits per heavy atom. The number of pyridine rings is 1. The zero-order chi connectivity index (χ0) is 13.4. The summed E-state index contributed by atoms with van der Waals surface area (Å²) in [5, 5.41) is 19.0. The number of hydrogen-bond acceptors (Lipinski definition) is 5. The van der Waals surface area contributed by atoms with Gasteiger partial charge in [-0.1, -0.05) is 6.07 Å². The molecule has 2 unspecified atom stereocenters. The van der Waals surface area contributed by atoms with E-state index in [-0.39, 0.29) is 5.56 Å². The summed E-state index contributed by atoms with van der Waals surface area (Å²) in [5.74, 6) is 0. The molecule has 19 heavy (non-hydrogen) atoms. The molecule has 0 spiro atoms. The van der Waals surface area contributed by atoms with Crippen molar-refractivity contribution in [3.05, 3.63) is 46.5 Å². The smallest absolute Gasteiger partial charge is 0.258 e. The molecule has 0 radical (unpaired) electrons. The minimum absolute atomic E-state index is 0.124. The van der Waals surface area contributed by atoms with Crippen molar-refractivity contribution in [2.45, 2.75) is 18.8 Å². The van der Waals surface area contributed by atoms with Gasteiger partial charge in [0.25, 0.3) is 5.56 Å². The molecule has 0 saturated carbocycles. The van der Waals surface area contributed by atoms with Crippen molar-refractivity contribution in [3.63, 3.8) is 0 Å². The molecule has 0 bridgehead atoms. The van der Waals surface area contributed by atoms with Gasteiger partial charge in [0.2, 0.25) is 0 Å². The van der Waals surface area contributed by atoms with Crippen LogP contribution >= 0.6 is 0 Å². The van der Waals surface area contributed by atoms with Crippen molar-refractivity contribution in [1.82, 2.24) is 14.3 Å². The monoisotopic (exact) mass is 261 g/mol. The van der Waals surface area contributed by atoms with Gasteiger partial charge in [-0.05, 0) is 12.1 Å². The summed E-state index contributed by atoms with van der Waals surface area (Å²) >= 11 is 0. The molecule has 0 amide bonds. The second-order valence-electron chi connectivity index (χ2n) is 4.84. The molecule has 1 saturated heterocycles. The highest BCUT2D eigenvalue weighted by Gasteiger charge is 2.29. The summed E-state index contributed by atoms with van der Waals surface area (Å²) in [6.45, 7) is 1.25. The van der Waals surface area contributed by atoms with Crippen molar-refractivity contribution in [2.24, 2.45) is 0 Å². The Labute approximate surface area is 109 Å². The number of aromatic nitrogens is 2. The standard InChI is InChI=1S/C13H15N3O3/c17-10-7-15(8-11(10)18)6-9-5-13(19)16-4-2-1-3-12(16)14-9/h1-5,10-11,17-18H,6-8H2. The van der Waals surface area contributed by atoms with Crippen molar-refractivity contribution < 1.29 is 10.2 Å². The number of rotatable bonds is 2. The Morgan fingerprint density at radius 3 is 2.74 bits per heavy atom. The number of β-amino-alcohol motifs (C(OH)–C–C–N with tert-alkyl or cyclic N) is 2. The third kappa shape index (κ3) is 2.37. The number of fused-ring (bicyclic) bond motifs is 1. The molecule has 2 aromatic rings. The quantitative estimate of drug-likeness (QED) is 0.742. The van der Waals surface area contributed by atoms with Crippen LogP contribution in [0.4, 0.5) is 0 Å². The van der Waals surface area contributed by atoms with Crippen LogP contribution in [-0.2, 0) is 6.54 Å². The first-order valence-corrected chi connectivity index (χ1v) is 6.19. The largest absolute Gasteiger partial charge is 0.389 e. The lowest BCUT2D eigenvalue weighted by Gasteiger charge is -2.14. The fourth-order valence-electron chi connectivity index (χ4n) is 2.39. The molecule has 0 aromatic carbocycles. The average molecular weight is 261 g/mol. The van der Waals surface area contributed by atoms with Crippen molar-refractivity contribution in [2.75, 3.05) is 13.1 Å². The number of hydrogen-bond donors (Lipinski definition) is 2. The molecule has 1 aliphatic heterocycles. The molecule has 6 heteroatoms. The van der Waals surface area contributed by atoms with E-state index in [1.54, 1.807) is 18.3 Å². The molecule has 3 rings (SSSR count). The fraction of sp³-hybridized carbons (Fsp3) is 0.385. The van der Waals surface area contributed by atoms with Gasteiger partial charge < -0.3 is 10.2 Å². The Hall–Kier alpha value is -1.76. The predicted molar refractivity (Wildman–Crippen MR) is 68.8 cm³/mol. The maximum Gasteiger partial charge on any atom is 0.258 e. The van der Waals surface area contributed by atoms with Crippen molar-refractivity contribution in [1.29, 1.82) is 0 Å². The van der Waals surface area contributed by atoms with Gasteiger partial charge in [0.1, 0.15) is 5.65 Å². The Bertz CT molecular complexity index is 645. The lowest BCUT2D eigenvalue weighted by atomic mass is 10.3. The molecule has 3 heterocycles. The number of likely N-dealkylation sites (tertiary alicyclic amines) is 1. The summed E-state index contributed by atoms with van der Waals surface area (Å²) in [6.07, 6.45) is 0.237. The van der Waals surface area contributed by atoms with Gasteiger partial charge in [-0.2, -0.15) is 0 Å². The number of aliphatic hydroxyl groups is 2. The number of aliphatic hydroxyl groups excluding tert-OH is 2. The van der Waals surface area contributed by atoms with E-state index in [1.165, 1.54) is 10.5 Å². The van der Waals surface area contributed by atoms with Crippen LogP contribution in [0.2, 0.25) is 0 Å². The predicted octanol–water partition coefficient (Wildman–Crippen LogP) is -0.768. The molecule has 2 aromatic heterocycles. The van der Waals surface area contributed by atoms with Crippen LogP contribution in [0.5, 0.6) is 0 Å². The van der Waals surface area contributed by atoms with Gasteiger partial charge in [-0.15, -0.1) is 0 Å². The topological polar surface area (TPSA) is 78.1 Å². The van der Waals surface area contributed by atoms with Crippen LogP contribution in [0.3, 0.4) is 0 Å². The summed E-state index contributed by atoms with van der Waals surface area (Å²) in [4.78, 5) is 18.2. The van der Waals surface area contributed by atoms with E-state index in [9.17, 15) is 15.0 Å². The van der Waals surface area contributed by atoms with E-state index in [0.717, 1.165) is 0 Å². The van der Waals surface area contributed by atoms with Gasteiger partial charge >= 0.3 is 0 Å². The third-order valence-electron chi connectivity index (χ3n) is 3.34. The van der Waals surface area contributed by atoms with Crippen LogP contribution in [0.15, 0.2) is 35.3 Å². The van der Waals surface area contributed by atoms with E-state index >= 15 is 0 Å². The van der Waals surface area contributed by atoms with Gasteiger partial charge in [-0.3, -0.25) is 14.1 Å². The molecule has 1 fully saturated rings. The summed E-state index contributed by atoms with van der Waals surface area (Å²) in [7, 11) is 0. The Kier molecular flexibility index (Phi) is 3.06. The molecule has 1 aliphatic rings. The maximum atomic E-state index is 11.9. The maximum absolute atomic E-state index is 11.9. The third-order valence-corrected chi connectivity index (χ3v) is 3.34. The van der Waals surface area contributed by atoms with E-state index in [0.29, 0.717) is 31.0 Å². The molecule has 6 nitrogen and oxygen atoms in total. The molecular formula is C13H15N3O3. The Balaban J connectivity index is 1.88. The van der Waals surface area contributed by atoms with Gasteiger partial charge in [-0.25, -0.2) is 4.98 Å². The molecule has 0 aliphatic carbocycles. The molecule has 2 atom stereocenters.